The van der Waals surface area contributed by atoms with Gasteiger partial charge in [-0.15, -0.1) is 0 Å². The summed E-state index contributed by atoms with van der Waals surface area (Å²) in [5, 5.41) is 2.88. The van der Waals surface area contributed by atoms with Gasteiger partial charge in [-0.3, -0.25) is 4.57 Å². The summed E-state index contributed by atoms with van der Waals surface area (Å²) in [6.07, 6.45) is 6.85. The van der Waals surface area contributed by atoms with Crippen LogP contribution >= 0.6 is 0 Å². The minimum Gasteiger partial charge on any atom is -0.379 e. The van der Waals surface area contributed by atoms with Crippen LogP contribution in [0, 0.1) is 0 Å². The van der Waals surface area contributed by atoms with Crippen LogP contribution in [0.4, 0.5) is 4.79 Å². The maximum atomic E-state index is 11.5. The van der Waals surface area contributed by atoms with Crippen LogP contribution < -0.4 is 5.32 Å². The minimum atomic E-state index is -0.144. The highest BCUT2D eigenvalue weighted by atomic mass is 16.5. The first kappa shape index (κ1) is 9.21. The lowest BCUT2D eigenvalue weighted by molar-refractivity contribution is 0.0109. The highest BCUT2D eigenvalue weighted by Crippen LogP contribution is 2.22. The molecule has 1 N–H and O–H groups in total. The molecule has 0 saturated heterocycles. The van der Waals surface area contributed by atoms with Crippen LogP contribution in [0.2, 0.25) is 0 Å². The van der Waals surface area contributed by atoms with Crippen molar-refractivity contribution in [2.45, 2.75) is 25.0 Å². The molecule has 76 valence electrons. The first-order valence-corrected chi connectivity index (χ1v) is 4.63. The van der Waals surface area contributed by atoms with E-state index in [1.54, 1.807) is 19.5 Å². The fourth-order valence-corrected chi connectivity index (χ4v) is 1.53. The quantitative estimate of drug-likeness (QED) is 0.752. The Morgan fingerprint density at radius 1 is 1.64 bits per heavy atom. The molecule has 1 fully saturated rings. The molecule has 1 aromatic rings. The molecule has 2 atom stereocenters. The Hall–Kier alpha value is -1.36. The van der Waals surface area contributed by atoms with E-state index in [4.69, 9.17) is 4.74 Å². The maximum absolute atomic E-state index is 11.5. The number of nitrogens with zero attached hydrogens (tertiary/aromatic N) is 2. The smallest absolute Gasteiger partial charge is 0.327 e. The van der Waals surface area contributed by atoms with Gasteiger partial charge in [-0.05, 0) is 12.8 Å². The van der Waals surface area contributed by atoms with Gasteiger partial charge in [0.05, 0.1) is 12.1 Å². The lowest BCUT2D eigenvalue weighted by Crippen LogP contribution is -2.52. The van der Waals surface area contributed by atoms with E-state index in [-0.39, 0.29) is 18.2 Å². The van der Waals surface area contributed by atoms with Gasteiger partial charge in [0.15, 0.2) is 0 Å². The van der Waals surface area contributed by atoms with Crippen LogP contribution in [0.1, 0.15) is 12.8 Å². The van der Waals surface area contributed by atoms with E-state index in [1.165, 1.54) is 10.9 Å². The number of imidazole rings is 1. The van der Waals surface area contributed by atoms with Crippen molar-refractivity contribution in [3.63, 3.8) is 0 Å². The van der Waals surface area contributed by atoms with Gasteiger partial charge in [0.1, 0.15) is 6.33 Å². The molecule has 0 bridgehead atoms. The van der Waals surface area contributed by atoms with Gasteiger partial charge in [0, 0.05) is 19.5 Å². The van der Waals surface area contributed by atoms with Crippen molar-refractivity contribution in [2.75, 3.05) is 7.11 Å². The zero-order valence-corrected chi connectivity index (χ0v) is 8.01. The third kappa shape index (κ3) is 1.63. The summed E-state index contributed by atoms with van der Waals surface area (Å²) in [5.74, 6) is 0. The molecule has 1 aromatic heterocycles. The van der Waals surface area contributed by atoms with Crippen molar-refractivity contribution >= 4 is 6.03 Å². The summed E-state index contributed by atoms with van der Waals surface area (Å²) in [6, 6.07) is 0.00384. The summed E-state index contributed by atoms with van der Waals surface area (Å²) in [4.78, 5) is 15.3. The van der Waals surface area contributed by atoms with Gasteiger partial charge in [0.2, 0.25) is 0 Å². The van der Waals surface area contributed by atoms with Crippen LogP contribution in [0.3, 0.4) is 0 Å². The molecule has 0 radical (unpaired) electrons. The van der Waals surface area contributed by atoms with Gasteiger partial charge >= 0.3 is 6.03 Å². The van der Waals surface area contributed by atoms with E-state index < -0.39 is 0 Å². The summed E-state index contributed by atoms with van der Waals surface area (Å²) in [6.45, 7) is 0. The van der Waals surface area contributed by atoms with Crippen molar-refractivity contribution in [3.05, 3.63) is 18.7 Å². The van der Waals surface area contributed by atoms with Crippen LogP contribution in [0.15, 0.2) is 18.7 Å². The first-order valence-electron chi connectivity index (χ1n) is 4.63. The molecule has 5 heteroatoms. The van der Waals surface area contributed by atoms with Crippen molar-refractivity contribution in [1.82, 2.24) is 14.9 Å². The molecule has 0 aliphatic heterocycles. The number of methoxy groups -OCH3 is 1. The Morgan fingerprint density at radius 2 is 2.50 bits per heavy atom. The van der Waals surface area contributed by atoms with E-state index in [2.05, 4.69) is 10.3 Å². The Bertz CT molecular complexity index is 308. The average Bonchev–Trinajstić information content (AvgIpc) is 2.65. The second-order valence-corrected chi connectivity index (χ2v) is 3.38. The van der Waals surface area contributed by atoms with Gasteiger partial charge in [-0.2, -0.15) is 0 Å². The normalized spacial score (nSPS) is 25.5. The number of nitrogens with one attached hydrogen (secondary N) is 1. The van der Waals surface area contributed by atoms with E-state index in [0.717, 1.165) is 12.8 Å². The third-order valence-corrected chi connectivity index (χ3v) is 2.56. The van der Waals surface area contributed by atoms with E-state index in [0.29, 0.717) is 0 Å². The van der Waals surface area contributed by atoms with Crippen molar-refractivity contribution < 1.29 is 9.53 Å². The molecule has 2 rings (SSSR count). The van der Waals surface area contributed by atoms with Crippen LogP contribution in [0.25, 0.3) is 0 Å². The number of ether oxygens (including phenoxy) is 1. The molecule has 14 heavy (non-hydrogen) atoms. The number of hydrogen-bond acceptors (Lipinski definition) is 3. The molecular weight excluding hydrogens is 182 g/mol. The van der Waals surface area contributed by atoms with Gasteiger partial charge in [-0.1, -0.05) is 0 Å². The second kappa shape index (κ2) is 3.79. The van der Waals surface area contributed by atoms with Crippen LogP contribution in [0.5, 0.6) is 0 Å². The fourth-order valence-electron chi connectivity index (χ4n) is 1.53. The Balaban J connectivity index is 1.89. The van der Waals surface area contributed by atoms with Crippen molar-refractivity contribution in [3.8, 4) is 0 Å². The predicted octanol–water partition coefficient (Wildman–Crippen LogP) is 0.618. The van der Waals surface area contributed by atoms with Crippen LogP contribution in [-0.4, -0.2) is 34.8 Å². The van der Waals surface area contributed by atoms with Crippen molar-refractivity contribution in [2.24, 2.45) is 0 Å². The zero-order chi connectivity index (χ0) is 9.97. The number of amides is 1. The number of aromatic nitrogens is 2. The molecule has 1 saturated carbocycles. The first-order chi connectivity index (χ1) is 6.81. The second-order valence-electron chi connectivity index (χ2n) is 3.38. The molecule has 1 heterocycles. The highest BCUT2D eigenvalue weighted by molar-refractivity contribution is 5.76. The fraction of sp³-hybridized carbons (Fsp3) is 0.556. The highest BCUT2D eigenvalue weighted by Gasteiger charge is 2.32. The number of rotatable bonds is 2. The molecule has 0 aromatic carbocycles. The Morgan fingerprint density at radius 3 is 3.00 bits per heavy atom. The largest absolute Gasteiger partial charge is 0.379 e. The zero-order valence-electron chi connectivity index (χ0n) is 8.01. The Labute approximate surface area is 82.1 Å². The van der Waals surface area contributed by atoms with E-state index in [9.17, 15) is 4.79 Å². The third-order valence-electron chi connectivity index (χ3n) is 2.56. The monoisotopic (exact) mass is 195 g/mol. The molecule has 5 nitrogen and oxygen atoms in total. The SMILES string of the molecule is CO[C@@H]1CC[C@H]1NC(=O)n1ccnc1. The summed E-state index contributed by atoms with van der Waals surface area (Å²) in [7, 11) is 1.67. The number of carbonyl (C=O) groups excluding carboxylic acids is 1. The summed E-state index contributed by atoms with van der Waals surface area (Å²) >= 11 is 0. The van der Waals surface area contributed by atoms with Gasteiger partial charge < -0.3 is 10.1 Å². The molecule has 1 amide bonds. The van der Waals surface area contributed by atoms with Gasteiger partial charge in [-0.25, -0.2) is 9.78 Å². The minimum absolute atomic E-state index is 0.144. The van der Waals surface area contributed by atoms with Crippen molar-refractivity contribution in [1.29, 1.82) is 0 Å². The topological polar surface area (TPSA) is 56.1 Å². The molecule has 0 spiro atoms. The van der Waals surface area contributed by atoms with E-state index in [1.807, 2.05) is 0 Å². The van der Waals surface area contributed by atoms with E-state index >= 15 is 0 Å². The predicted molar refractivity (Wildman–Crippen MR) is 50.0 cm³/mol. The lowest BCUT2D eigenvalue weighted by Gasteiger charge is -2.35. The summed E-state index contributed by atoms with van der Waals surface area (Å²) < 4.78 is 6.60. The number of hydrogen-bond donors (Lipinski definition) is 1. The molecule has 0 unspecified atom stereocenters. The average molecular weight is 195 g/mol. The number of carbonyl (C=O) groups is 1. The van der Waals surface area contributed by atoms with Crippen LogP contribution in [-0.2, 0) is 4.74 Å². The summed E-state index contributed by atoms with van der Waals surface area (Å²) in [5.41, 5.74) is 0. The lowest BCUT2D eigenvalue weighted by atomic mass is 9.89. The van der Waals surface area contributed by atoms with Gasteiger partial charge in [0.25, 0.3) is 0 Å². The standard InChI is InChI=1S/C9H13N3O2/c1-14-8-3-2-7(8)11-9(13)12-5-4-10-6-12/h4-8H,2-3H2,1H3,(H,11,13)/t7-,8-/m1/s1. The maximum Gasteiger partial charge on any atom is 0.327 e. The Kier molecular flexibility index (Phi) is 2.49. The molecule has 1 aliphatic rings. The molecule has 1 aliphatic carbocycles. The molecular formula is C9H13N3O2.